The third-order valence-corrected chi connectivity index (χ3v) is 7.80. The highest BCUT2D eigenvalue weighted by atomic mass is 79.9. The molecule has 0 spiro atoms. The number of aromatic nitrogens is 4. The maximum atomic E-state index is 8.30. The van der Waals surface area contributed by atoms with Gasteiger partial charge in [-0.3, -0.25) is 10.4 Å². The van der Waals surface area contributed by atoms with Gasteiger partial charge in [0.15, 0.2) is 33.7 Å². The highest BCUT2D eigenvalue weighted by Gasteiger charge is 2.31. The van der Waals surface area contributed by atoms with E-state index in [4.69, 9.17) is 29.6 Å². The summed E-state index contributed by atoms with van der Waals surface area (Å²) in [6.45, 7) is 9.84. The number of benzene rings is 1. The van der Waals surface area contributed by atoms with Gasteiger partial charge in [0.05, 0.1) is 12.4 Å². The lowest BCUT2D eigenvalue weighted by molar-refractivity contribution is 0.114. The number of hydrogen-bond acceptors (Lipinski definition) is 8. The summed E-state index contributed by atoms with van der Waals surface area (Å²) < 4.78 is 20.3. The van der Waals surface area contributed by atoms with Gasteiger partial charge in [0.2, 0.25) is 0 Å². The Bertz CT molecular complexity index is 1360. The minimum Gasteiger partial charge on any atom is -0.486 e. The molecule has 9 nitrogen and oxygen atoms in total. The Labute approximate surface area is 222 Å². The Morgan fingerprint density at radius 3 is 2.72 bits per heavy atom. The van der Waals surface area contributed by atoms with Crippen molar-refractivity contribution in [2.75, 3.05) is 13.2 Å². The van der Waals surface area contributed by atoms with Crippen molar-refractivity contribution >= 4 is 44.8 Å². The normalized spacial score (nSPS) is 16.9. The number of hydrogen-bond donors (Lipinski definition) is 2. The molecule has 1 fully saturated rings. The zero-order chi connectivity index (χ0) is 25.4. The van der Waals surface area contributed by atoms with E-state index in [1.54, 1.807) is 6.33 Å². The van der Waals surface area contributed by atoms with Crippen molar-refractivity contribution in [1.29, 1.82) is 5.41 Å². The van der Waals surface area contributed by atoms with E-state index in [0.29, 0.717) is 42.0 Å². The van der Waals surface area contributed by atoms with Gasteiger partial charge in [0.25, 0.3) is 0 Å². The zero-order valence-corrected chi connectivity index (χ0v) is 23.3. The Morgan fingerprint density at radius 2 is 2.03 bits per heavy atom. The molecule has 1 unspecified atom stereocenters. The molecule has 5 rings (SSSR count). The Kier molecular flexibility index (Phi) is 7.04. The quantitative estimate of drug-likeness (QED) is 0.291. The van der Waals surface area contributed by atoms with E-state index in [-0.39, 0.29) is 17.1 Å². The first-order chi connectivity index (χ1) is 17.2. The van der Waals surface area contributed by atoms with Crippen molar-refractivity contribution < 1.29 is 14.2 Å². The fourth-order valence-electron chi connectivity index (χ4n) is 4.26. The van der Waals surface area contributed by atoms with Crippen LogP contribution in [0, 0.1) is 11.3 Å². The predicted octanol–water partition coefficient (Wildman–Crippen LogP) is 5.33. The first-order valence-corrected chi connectivity index (χ1v) is 13.8. The molecule has 2 aliphatic rings. The zero-order valence-electron chi connectivity index (χ0n) is 20.9. The summed E-state index contributed by atoms with van der Waals surface area (Å²) in [7, 11) is 0. The molecule has 2 aromatic heterocycles. The van der Waals surface area contributed by atoms with E-state index < -0.39 is 0 Å². The first kappa shape index (κ1) is 25.1. The molecule has 1 saturated carbocycles. The summed E-state index contributed by atoms with van der Waals surface area (Å²) in [5.41, 5.74) is 1.25. The third kappa shape index (κ3) is 5.88. The first-order valence-electron chi connectivity index (χ1n) is 12.2. The van der Waals surface area contributed by atoms with E-state index in [1.165, 1.54) is 24.6 Å². The molecule has 3 aromatic rings. The molecule has 1 aliphatic carbocycles. The van der Waals surface area contributed by atoms with Crippen LogP contribution >= 0.6 is 27.7 Å². The predicted molar refractivity (Wildman–Crippen MR) is 142 cm³/mol. The molecule has 1 aromatic carbocycles. The van der Waals surface area contributed by atoms with Crippen LogP contribution < -0.4 is 15.0 Å². The van der Waals surface area contributed by atoms with Crippen LogP contribution in [0.1, 0.15) is 47.0 Å². The van der Waals surface area contributed by atoms with Crippen molar-refractivity contribution in [2.45, 2.75) is 75.2 Å². The number of aliphatic imine (C=N–C) groups is 1. The molecule has 36 heavy (non-hydrogen) atoms. The molecular weight excluding hydrogens is 544 g/mol. The van der Waals surface area contributed by atoms with Crippen molar-refractivity contribution in [3.8, 4) is 11.5 Å². The largest absolute Gasteiger partial charge is 0.486 e. The van der Waals surface area contributed by atoms with Crippen LogP contribution in [-0.4, -0.2) is 50.3 Å². The van der Waals surface area contributed by atoms with E-state index in [2.05, 4.69) is 25.9 Å². The smallest absolute Gasteiger partial charge is 0.180 e. The summed E-state index contributed by atoms with van der Waals surface area (Å²) in [6, 6.07) is 4.07. The summed E-state index contributed by atoms with van der Waals surface area (Å²) in [5, 5.41) is 8.99. The van der Waals surface area contributed by atoms with Gasteiger partial charge in [-0.1, -0.05) is 11.8 Å². The molecular formula is C25H31BrN6O3S. The van der Waals surface area contributed by atoms with Crippen molar-refractivity contribution in [3.05, 3.63) is 28.4 Å². The molecule has 1 aliphatic heterocycles. The second-order valence-corrected chi connectivity index (χ2v) is 12.0. The molecule has 192 valence electrons. The van der Waals surface area contributed by atoms with Gasteiger partial charge in [0, 0.05) is 22.8 Å². The van der Waals surface area contributed by atoms with Crippen LogP contribution in [0.15, 0.2) is 38.0 Å². The number of nitrogens with zero attached hydrogens (tertiary/aromatic N) is 4. The molecule has 0 amide bonds. The number of ether oxygens (including phenoxy) is 3. The number of imidazole rings is 1. The minimum absolute atomic E-state index is 0.174. The average Bonchev–Trinajstić information content (AvgIpc) is 3.56. The van der Waals surface area contributed by atoms with Gasteiger partial charge < -0.3 is 23.8 Å². The second-order valence-electron chi connectivity index (χ2n) is 10.1. The van der Waals surface area contributed by atoms with Gasteiger partial charge in [-0.05, 0) is 74.0 Å². The van der Waals surface area contributed by atoms with E-state index in [9.17, 15) is 0 Å². The fourth-order valence-corrected chi connectivity index (χ4v) is 5.64. The highest BCUT2D eigenvalue weighted by molar-refractivity contribution is 9.10. The number of H-pyrrole nitrogens is 1. The topological polar surface area (TPSA) is 110 Å². The van der Waals surface area contributed by atoms with Gasteiger partial charge >= 0.3 is 0 Å². The van der Waals surface area contributed by atoms with Crippen LogP contribution in [0.3, 0.4) is 0 Å². The fraction of sp³-hybridized carbons (Fsp3) is 0.520. The van der Waals surface area contributed by atoms with E-state index >= 15 is 0 Å². The lowest BCUT2D eigenvalue weighted by Crippen LogP contribution is -2.24. The number of halogens is 1. The number of aryl methyl sites for hydroxylation is 1. The van der Waals surface area contributed by atoms with Crippen LogP contribution in [0.25, 0.3) is 11.2 Å². The maximum Gasteiger partial charge on any atom is 0.180 e. The van der Waals surface area contributed by atoms with Gasteiger partial charge in [-0.2, -0.15) is 0 Å². The molecule has 11 heteroatoms. The van der Waals surface area contributed by atoms with Crippen molar-refractivity contribution in [2.24, 2.45) is 10.9 Å². The van der Waals surface area contributed by atoms with Crippen molar-refractivity contribution in [3.63, 3.8) is 0 Å². The van der Waals surface area contributed by atoms with Gasteiger partial charge in [-0.15, -0.1) is 0 Å². The maximum absolute atomic E-state index is 8.30. The lowest BCUT2D eigenvalue weighted by Gasteiger charge is -2.22. The molecule has 0 saturated heterocycles. The van der Waals surface area contributed by atoms with Crippen LogP contribution in [0.2, 0.25) is 0 Å². The van der Waals surface area contributed by atoms with Crippen molar-refractivity contribution in [1.82, 2.24) is 19.5 Å². The Balaban J connectivity index is 1.36. The number of rotatable bonds is 7. The summed E-state index contributed by atoms with van der Waals surface area (Å²) in [5.74, 6) is 2.78. The number of fused-ring (bicyclic) bond motifs is 2. The highest BCUT2D eigenvalue weighted by Crippen LogP contribution is 2.41. The number of aromatic amines is 1. The van der Waals surface area contributed by atoms with Crippen LogP contribution in [-0.2, 0) is 11.3 Å². The summed E-state index contributed by atoms with van der Waals surface area (Å²) >= 11 is 5.10. The van der Waals surface area contributed by atoms with Gasteiger partial charge in [0.1, 0.15) is 24.3 Å². The second kappa shape index (κ2) is 10.1. The van der Waals surface area contributed by atoms with Crippen LogP contribution in [0.5, 0.6) is 11.5 Å². The molecule has 1 atom stereocenters. The molecule has 0 bridgehead atoms. The summed E-state index contributed by atoms with van der Waals surface area (Å²) in [4.78, 5) is 18.3. The standard InChI is InChI=1S/C25H31BrN6O3S/c1-14(35-25(2,3)4)29-17(15-5-6-15)7-8-32-13-28-22(27)21-23(32)31-24(30-21)36-20-12-19-18(11-16(20)26)33-9-10-34-19/h11-13,15,17,27H,5-10H2,1-4H3,(H,30,31). The SMILES string of the molecule is CC(=NC(CCn1cnc(=N)c2[nH]c(Sc3cc4c(cc3Br)OCCO4)nc21)C1CC1)OC(C)(C)C. The van der Waals surface area contributed by atoms with E-state index in [1.807, 2.05) is 44.4 Å². The molecule has 3 heterocycles. The molecule has 0 radical (unpaired) electrons. The Morgan fingerprint density at radius 1 is 1.31 bits per heavy atom. The number of nitrogens with one attached hydrogen (secondary N) is 2. The van der Waals surface area contributed by atoms with Gasteiger partial charge in [-0.25, -0.2) is 9.97 Å². The lowest BCUT2D eigenvalue weighted by atomic mass is 10.1. The van der Waals surface area contributed by atoms with E-state index in [0.717, 1.165) is 33.2 Å². The summed E-state index contributed by atoms with van der Waals surface area (Å²) in [6.07, 6.45) is 4.96. The van der Waals surface area contributed by atoms with Crippen LogP contribution in [0.4, 0.5) is 0 Å². The average molecular weight is 576 g/mol. The minimum atomic E-state index is -0.258. The monoisotopic (exact) mass is 574 g/mol. The Hall–Kier alpha value is -2.53. The molecule has 2 N–H and O–H groups in total. The third-order valence-electron chi connectivity index (χ3n) is 5.93.